The summed E-state index contributed by atoms with van der Waals surface area (Å²) in [6, 6.07) is 8.11. The standard InChI is InChI=1S/C16H21N3O2S/c1-4-13(5-2)17-14(20)10-22-16-19-18-15(21-16)12-8-6-7-11(3)9-12/h6-9,13H,4-5,10H2,1-3H3,(H,17,20). The van der Waals surface area contributed by atoms with Crippen LogP contribution in [0.4, 0.5) is 0 Å². The van der Waals surface area contributed by atoms with Crippen LogP contribution in [0.3, 0.4) is 0 Å². The Hall–Kier alpha value is -1.82. The summed E-state index contributed by atoms with van der Waals surface area (Å²) in [4.78, 5) is 11.8. The number of benzene rings is 1. The summed E-state index contributed by atoms with van der Waals surface area (Å²) in [7, 11) is 0. The van der Waals surface area contributed by atoms with Crippen molar-refractivity contribution in [1.82, 2.24) is 15.5 Å². The highest BCUT2D eigenvalue weighted by atomic mass is 32.2. The van der Waals surface area contributed by atoms with Crippen LogP contribution in [0.1, 0.15) is 32.3 Å². The van der Waals surface area contributed by atoms with E-state index in [1.54, 1.807) is 0 Å². The van der Waals surface area contributed by atoms with E-state index in [1.807, 2.05) is 31.2 Å². The molecule has 2 rings (SSSR count). The molecule has 0 atom stereocenters. The van der Waals surface area contributed by atoms with Crippen LogP contribution >= 0.6 is 11.8 Å². The third kappa shape index (κ3) is 4.59. The molecule has 1 N–H and O–H groups in total. The van der Waals surface area contributed by atoms with Gasteiger partial charge in [0.05, 0.1) is 5.75 Å². The SMILES string of the molecule is CCC(CC)NC(=O)CSc1nnc(-c2cccc(C)c2)o1. The van der Waals surface area contributed by atoms with Crippen molar-refractivity contribution in [1.29, 1.82) is 0 Å². The molecule has 22 heavy (non-hydrogen) atoms. The maximum Gasteiger partial charge on any atom is 0.277 e. The Morgan fingerprint density at radius 1 is 1.32 bits per heavy atom. The van der Waals surface area contributed by atoms with Gasteiger partial charge in [-0.1, -0.05) is 43.3 Å². The second-order valence-electron chi connectivity index (χ2n) is 5.11. The zero-order valence-electron chi connectivity index (χ0n) is 13.1. The average molecular weight is 319 g/mol. The van der Waals surface area contributed by atoms with Crippen molar-refractivity contribution >= 4 is 17.7 Å². The third-order valence-electron chi connectivity index (χ3n) is 3.35. The van der Waals surface area contributed by atoms with Gasteiger partial charge in [-0.05, 0) is 31.9 Å². The molecule has 6 heteroatoms. The van der Waals surface area contributed by atoms with Gasteiger partial charge in [-0.15, -0.1) is 10.2 Å². The van der Waals surface area contributed by atoms with Crippen LogP contribution in [-0.2, 0) is 4.79 Å². The molecule has 1 heterocycles. The molecular formula is C16H21N3O2S. The summed E-state index contributed by atoms with van der Waals surface area (Å²) < 4.78 is 5.59. The number of aromatic nitrogens is 2. The van der Waals surface area contributed by atoms with Gasteiger partial charge >= 0.3 is 0 Å². The summed E-state index contributed by atoms with van der Waals surface area (Å²) in [5, 5.41) is 11.4. The monoisotopic (exact) mass is 319 g/mol. The number of nitrogens with one attached hydrogen (secondary N) is 1. The van der Waals surface area contributed by atoms with Crippen molar-refractivity contribution in [3.8, 4) is 11.5 Å². The number of carbonyl (C=O) groups excluding carboxylic acids is 1. The van der Waals surface area contributed by atoms with E-state index in [0.29, 0.717) is 11.1 Å². The number of amides is 1. The fourth-order valence-electron chi connectivity index (χ4n) is 2.05. The van der Waals surface area contributed by atoms with Crippen LogP contribution in [0, 0.1) is 6.92 Å². The number of hydrogen-bond acceptors (Lipinski definition) is 5. The largest absolute Gasteiger partial charge is 0.411 e. The van der Waals surface area contributed by atoms with E-state index in [1.165, 1.54) is 11.8 Å². The molecule has 1 aromatic carbocycles. The number of rotatable bonds is 7. The normalized spacial score (nSPS) is 10.9. The first-order valence-electron chi connectivity index (χ1n) is 7.45. The van der Waals surface area contributed by atoms with Crippen LogP contribution in [0.5, 0.6) is 0 Å². The lowest BCUT2D eigenvalue weighted by atomic mass is 10.1. The number of aryl methyl sites for hydroxylation is 1. The summed E-state index contributed by atoms with van der Waals surface area (Å²) in [6.45, 7) is 6.14. The highest BCUT2D eigenvalue weighted by Gasteiger charge is 2.13. The Bertz CT molecular complexity index is 623. The fraction of sp³-hybridized carbons (Fsp3) is 0.438. The molecule has 5 nitrogen and oxygen atoms in total. The zero-order valence-corrected chi connectivity index (χ0v) is 13.9. The molecule has 0 aliphatic heterocycles. The smallest absolute Gasteiger partial charge is 0.277 e. The van der Waals surface area contributed by atoms with Crippen LogP contribution in [0.15, 0.2) is 33.9 Å². The maximum atomic E-state index is 11.8. The van der Waals surface area contributed by atoms with Crippen molar-refractivity contribution in [3.05, 3.63) is 29.8 Å². The maximum absolute atomic E-state index is 11.8. The van der Waals surface area contributed by atoms with Gasteiger partial charge in [0.25, 0.3) is 5.22 Å². The number of hydrogen-bond donors (Lipinski definition) is 1. The molecule has 0 saturated carbocycles. The number of nitrogens with zero attached hydrogens (tertiary/aromatic N) is 2. The van der Waals surface area contributed by atoms with Crippen LogP contribution in [-0.4, -0.2) is 27.9 Å². The van der Waals surface area contributed by atoms with E-state index >= 15 is 0 Å². The van der Waals surface area contributed by atoms with E-state index in [9.17, 15) is 4.79 Å². The lowest BCUT2D eigenvalue weighted by Crippen LogP contribution is -2.34. The number of carbonyl (C=O) groups is 1. The zero-order chi connectivity index (χ0) is 15.9. The van der Waals surface area contributed by atoms with E-state index in [4.69, 9.17) is 4.42 Å². The minimum Gasteiger partial charge on any atom is -0.411 e. The van der Waals surface area contributed by atoms with Crippen molar-refractivity contribution in [2.45, 2.75) is 44.9 Å². The predicted octanol–water partition coefficient (Wildman–Crippen LogP) is 3.44. The highest BCUT2D eigenvalue weighted by Crippen LogP contribution is 2.23. The van der Waals surface area contributed by atoms with Gasteiger partial charge in [-0.2, -0.15) is 0 Å². The molecule has 1 aromatic heterocycles. The quantitative estimate of drug-likeness (QED) is 0.792. The van der Waals surface area contributed by atoms with Crippen molar-refractivity contribution in [3.63, 3.8) is 0 Å². The van der Waals surface area contributed by atoms with Crippen LogP contribution in [0.25, 0.3) is 11.5 Å². The third-order valence-corrected chi connectivity index (χ3v) is 4.17. The molecule has 2 aromatic rings. The Labute approximate surface area is 134 Å². The van der Waals surface area contributed by atoms with Crippen molar-refractivity contribution in [2.75, 3.05) is 5.75 Å². The topological polar surface area (TPSA) is 68.0 Å². The highest BCUT2D eigenvalue weighted by molar-refractivity contribution is 7.99. The first-order chi connectivity index (χ1) is 10.6. The summed E-state index contributed by atoms with van der Waals surface area (Å²) in [5.74, 6) is 0.756. The average Bonchev–Trinajstić information content (AvgIpc) is 2.99. The first-order valence-corrected chi connectivity index (χ1v) is 8.43. The van der Waals surface area contributed by atoms with Gasteiger partial charge in [0.2, 0.25) is 11.8 Å². The minimum atomic E-state index is -0.00555. The molecule has 0 fully saturated rings. The Balaban J connectivity index is 1.91. The van der Waals surface area contributed by atoms with E-state index in [-0.39, 0.29) is 17.7 Å². The summed E-state index contributed by atoms with van der Waals surface area (Å²) in [5.41, 5.74) is 2.02. The van der Waals surface area contributed by atoms with E-state index in [0.717, 1.165) is 24.0 Å². The minimum absolute atomic E-state index is 0.00555. The second-order valence-corrected chi connectivity index (χ2v) is 6.04. The van der Waals surface area contributed by atoms with E-state index < -0.39 is 0 Å². The lowest BCUT2D eigenvalue weighted by molar-refractivity contribution is -0.119. The summed E-state index contributed by atoms with van der Waals surface area (Å²) >= 11 is 1.26. The van der Waals surface area contributed by atoms with Crippen molar-refractivity contribution < 1.29 is 9.21 Å². The molecule has 0 aliphatic carbocycles. The predicted molar refractivity (Wildman–Crippen MR) is 87.7 cm³/mol. The van der Waals surface area contributed by atoms with Crippen LogP contribution < -0.4 is 5.32 Å². The summed E-state index contributed by atoms with van der Waals surface area (Å²) in [6.07, 6.45) is 1.87. The molecule has 0 saturated heterocycles. The van der Waals surface area contributed by atoms with Gasteiger partial charge < -0.3 is 9.73 Å². The molecule has 0 spiro atoms. The van der Waals surface area contributed by atoms with E-state index in [2.05, 4.69) is 29.4 Å². The van der Waals surface area contributed by atoms with Gasteiger partial charge in [0.1, 0.15) is 0 Å². The Morgan fingerprint density at radius 3 is 2.77 bits per heavy atom. The second kappa shape index (κ2) is 7.98. The van der Waals surface area contributed by atoms with Gasteiger partial charge in [0, 0.05) is 11.6 Å². The molecular weight excluding hydrogens is 298 g/mol. The fourth-order valence-corrected chi connectivity index (χ4v) is 2.63. The molecule has 0 aliphatic rings. The van der Waals surface area contributed by atoms with Gasteiger partial charge in [0.15, 0.2) is 0 Å². The van der Waals surface area contributed by atoms with Crippen molar-refractivity contribution in [2.24, 2.45) is 0 Å². The Morgan fingerprint density at radius 2 is 2.09 bits per heavy atom. The molecule has 1 amide bonds. The molecule has 0 unspecified atom stereocenters. The first kappa shape index (κ1) is 16.5. The molecule has 118 valence electrons. The van der Waals surface area contributed by atoms with Gasteiger partial charge in [-0.25, -0.2) is 0 Å². The number of thioether (sulfide) groups is 1. The lowest BCUT2D eigenvalue weighted by Gasteiger charge is -2.13. The van der Waals surface area contributed by atoms with Crippen LogP contribution in [0.2, 0.25) is 0 Å². The molecule has 0 radical (unpaired) electrons. The Kier molecular flexibility index (Phi) is 6.00. The molecule has 0 bridgehead atoms. The van der Waals surface area contributed by atoms with Gasteiger partial charge in [-0.3, -0.25) is 4.79 Å².